The van der Waals surface area contributed by atoms with Crippen LogP contribution in [-0.4, -0.2) is 74.1 Å². The Bertz CT molecular complexity index is 712. The molecule has 3 rings (SSSR count). The summed E-state index contributed by atoms with van der Waals surface area (Å²) in [5.41, 5.74) is -0.908. The number of aliphatic hydroxyl groups excluding tert-OH is 1. The average molecular weight is 400 g/mol. The molecule has 0 radical (unpaired) electrons. The van der Waals surface area contributed by atoms with Crippen molar-refractivity contribution in [3.8, 4) is 5.75 Å². The van der Waals surface area contributed by atoms with Crippen LogP contribution in [0.15, 0.2) is 24.3 Å². The predicted molar refractivity (Wildman–Crippen MR) is 93.1 cm³/mol. The number of nitrogens with zero attached hydrogens (tertiary/aromatic N) is 1. The predicted octanol–water partition coefficient (Wildman–Crippen LogP) is -0.669. The van der Waals surface area contributed by atoms with Gasteiger partial charge in [0.15, 0.2) is 0 Å². The van der Waals surface area contributed by atoms with Crippen molar-refractivity contribution in [3.63, 3.8) is 0 Å². The smallest absolute Gasteiger partial charge is 0.387 e. The lowest BCUT2D eigenvalue weighted by Crippen LogP contribution is -3.15. The lowest BCUT2D eigenvalue weighted by Gasteiger charge is -2.27. The number of carbonyl (C=O) groups is 2. The van der Waals surface area contributed by atoms with Crippen LogP contribution in [0.4, 0.5) is 13.6 Å². The van der Waals surface area contributed by atoms with Gasteiger partial charge in [-0.15, -0.1) is 0 Å². The molecule has 2 aliphatic heterocycles. The zero-order valence-electron chi connectivity index (χ0n) is 15.5. The lowest BCUT2D eigenvalue weighted by atomic mass is 9.92. The van der Waals surface area contributed by atoms with Crippen LogP contribution >= 0.6 is 0 Å². The number of imide groups is 1. The van der Waals surface area contributed by atoms with Crippen LogP contribution in [0.5, 0.6) is 5.75 Å². The van der Waals surface area contributed by atoms with Crippen LogP contribution in [0.25, 0.3) is 0 Å². The molecule has 8 nitrogen and oxygen atoms in total. The molecule has 3 amide bonds. The molecule has 2 fully saturated rings. The van der Waals surface area contributed by atoms with Gasteiger partial charge in [0, 0.05) is 0 Å². The first-order valence-electron chi connectivity index (χ1n) is 9.08. The van der Waals surface area contributed by atoms with E-state index in [-0.39, 0.29) is 12.3 Å². The van der Waals surface area contributed by atoms with Gasteiger partial charge in [0.05, 0.1) is 19.8 Å². The molecule has 2 saturated heterocycles. The SMILES string of the molecule is C[C@]1(c2ccc(OC(F)F)cc2)NC(=O)N(C[C@@H](O)C[NH+]2CCOCC2)C1=O. The molecule has 0 unspecified atom stereocenters. The molecule has 0 aliphatic carbocycles. The topological polar surface area (TPSA) is 92.5 Å². The highest BCUT2D eigenvalue weighted by molar-refractivity contribution is 6.07. The van der Waals surface area contributed by atoms with Gasteiger partial charge in [0.25, 0.3) is 5.91 Å². The van der Waals surface area contributed by atoms with Crippen molar-refractivity contribution < 1.29 is 37.9 Å². The molecule has 2 atom stereocenters. The molecule has 2 heterocycles. The molecule has 1 aromatic carbocycles. The summed E-state index contributed by atoms with van der Waals surface area (Å²) in [5, 5.41) is 13.0. The monoisotopic (exact) mass is 400 g/mol. The zero-order chi connectivity index (χ0) is 20.3. The van der Waals surface area contributed by atoms with E-state index in [1.165, 1.54) is 31.2 Å². The summed E-state index contributed by atoms with van der Waals surface area (Å²) >= 11 is 0. The van der Waals surface area contributed by atoms with Crippen molar-refractivity contribution in [1.82, 2.24) is 10.2 Å². The summed E-state index contributed by atoms with van der Waals surface area (Å²) in [5.74, 6) is -0.545. The van der Waals surface area contributed by atoms with E-state index in [0.717, 1.165) is 22.9 Å². The third-order valence-corrected chi connectivity index (χ3v) is 5.05. The molecule has 10 heteroatoms. The maximum Gasteiger partial charge on any atom is 0.387 e. The van der Waals surface area contributed by atoms with E-state index in [9.17, 15) is 23.5 Å². The Morgan fingerprint density at radius 3 is 2.54 bits per heavy atom. The second-order valence-corrected chi connectivity index (χ2v) is 7.09. The zero-order valence-corrected chi connectivity index (χ0v) is 15.5. The third kappa shape index (κ3) is 4.40. The largest absolute Gasteiger partial charge is 0.435 e. The van der Waals surface area contributed by atoms with Gasteiger partial charge in [-0.3, -0.25) is 9.69 Å². The molecule has 0 aromatic heterocycles. The minimum Gasteiger partial charge on any atom is -0.435 e. The van der Waals surface area contributed by atoms with Crippen LogP contribution in [0.2, 0.25) is 0 Å². The Labute approximate surface area is 161 Å². The first kappa shape index (κ1) is 20.4. The number of hydrogen-bond acceptors (Lipinski definition) is 5. The summed E-state index contributed by atoms with van der Waals surface area (Å²) in [6.45, 7) is 1.66. The number of quaternary nitrogens is 1. The molecule has 28 heavy (non-hydrogen) atoms. The second kappa shape index (κ2) is 8.38. The number of aliphatic hydroxyl groups is 1. The van der Waals surface area contributed by atoms with Gasteiger partial charge in [-0.05, 0) is 24.6 Å². The number of nitrogens with one attached hydrogen (secondary N) is 2. The van der Waals surface area contributed by atoms with Gasteiger partial charge in [-0.2, -0.15) is 8.78 Å². The number of carbonyl (C=O) groups excluding carboxylic acids is 2. The minimum absolute atomic E-state index is 0.0418. The maximum atomic E-state index is 12.9. The summed E-state index contributed by atoms with van der Waals surface area (Å²) < 4.78 is 34.1. The van der Waals surface area contributed by atoms with E-state index >= 15 is 0 Å². The van der Waals surface area contributed by atoms with Crippen LogP contribution in [0.3, 0.4) is 0 Å². The van der Waals surface area contributed by atoms with Gasteiger partial charge >= 0.3 is 12.6 Å². The molecule has 0 saturated carbocycles. The number of alkyl halides is 2. The Balaban J connectivity index is 1.66. The number of β-amino-alcohol motifs (C(OH)–C–C–N with tert-alkyl or cyclic N) is 1. The number of ether oxygens (including phenoxy) is 2. The summed E-state index contributed by atoms with van der Waals surface area (Å²) in [7, 11) is 0. The van der Waals surface area contributed by atoms with Crippen molar-refractivity contribution in [1.29, 1.82) is 0 Å². The van der Waals surface area contributed by atoms with Crippen LogP contribution in [0, 0.1) is 0 Å². The fourth-order valence-corrected chi connectivity index (χ4v) is 3.50. The summed E-state index contributed by atoms with van der Waals surface area (Å²) in [6, 6.07) is 4.93. The van der Waals surface area contributed by atoms with E-state index < -0.39 is 30.2 Å². The van der Waals surface area contributed by atoms with E-state index in [2.05, 4.69) is 10.1 Å². The van der Waals surface area contributed by atoms with E-state index in [4.69, 9.17) is 4.74 Å². The highest BCUT2D eigenvalue weighted by Crippen LogP contribution is 2.30. The molecule has 3 N–H and O–H groups in total. The fourth-order valence-electron chi connectivity index (χ4n) is 3.50. The first-order chi connectivity index (χ1) is 13.3. The minimum atomic E-state index is -2.94. The lowest BCUT2D eigenvalue weighted by molar-refractivity contribution is -0.910. The van der Waals surface area contributed by atoms with Crippen molar-refractivity contribution in [2.75, 3.05) is 39.4 Å². The first-order valence-corrected chi connectivity index (χ1v) is 9.08. The molecular weight excluding hydrogens is 376 g/mol. The number of morpholine rings is 1. The van der Waals surface area contributed by atoms with Crippen molar-refractivity contribution >= 4 is 11.9 Å². The Hall–Kier alpha value is -2.30. The number of benzene rings is 1. The highest BCUT2D eigenvalue weighted by Gasteiger charge is 2.49. The fraction of sp³-hybridized carbons (Fsp3) is 0.556. The van der Waals surface area contributed by atoms with Crippen LogP contribution < -0.4 is 15.0 Å². The van der Waals surface area contributed by atoms with Gasteiger partial charge in [-0.25, -0.2) is 4.79 Å². The Kier molecular flexibility index (Phi) is 6.11. The van der Waals surface area contributed by atoms with Crippen molar-refractivity contribution in [2.45, 2.75) is 25.2 Å². The number of halogens is 2. The van der Waals surface area contributed by atoms with E-state index in [0.29, 0.717) is 25.3 Å². The van der Waals surface area contributed by atoms with E-state index in [1.807, 2.05) is 0 Å². The van der Waals surface area contributed by atoms with Gasteiger partial charge < -0.3 is 24.8 Å². The quantitative estimate of drug-likeness (QED) is 0.528. The third-order valence-electron chi connectivity index (χ3n) is 5.05. The molecule has 1 aromatic rings. The maximum absolute atomic E-state index is 12.9. The Morgan fingerprint density at radius 2 is 1.93 bits per heavy atom. The van der Waals surface area contributed by atoms with Crippen LogP contribution in [-0.2, 0) is 15.1 Å². The van der Waals surface area contributed by atoms with Crippen molar-refractivity contribution in [3.05, 3.63) is 29.8 Å². The average Bonchev–Trinajstić information content (AvgIpc) is 2.86. The highest BCUT2D eigenvalue weighted by atomic mass is 19.3. The standard InChI is InChI=1S/C18H23F2N3O5/c1-18(12-2-4-14(5-3-12)28-16(19)20)15(25)23(17(26)21-18)11-13(24)10-22-6-8-27-9-7-22/h2-5,13,16,24H,6-11H2,1H3,(H,21,26)/p+1/t13-,18+/m0/s1. The molecule has 154 valence electrons. The Morgan fingerprint density at radius 1 is 1.29 bits per heavy atom. The van der Waals surface area contributed by atoms with Crippen LogP contribution in [0.1, 0.15) is 12.5 Å². The normalized spacial score (nSPS) is 24.5. The molecule has 2 aliphatic rings. The number of hydrogen-bond donors (Lipinski definition) is 3. The van der Waals surface area contributed by atoms with Gasteiger partial charge in [0.1, 0.15) is 37.0 Å². The molecular formula is C18H24F2N3O5+. The molecule has 0 spiro atoms. The molecule has 0 bridgehead atoms. The summed E-state index contributed by atoms with van der Waals surface area (Å²) in [4.78, 5) is 27.4. The van der Waals surface area contributed by atoms with Gasteiger partial charge in [0.2, 0.25) is 0 Å². The summed E-state index contributed by atoms with van der Waals surface area (Å²) in [6.07, 6.45) is -0.855. The van der Waals surface area contributed by atoms with E-state index in [1.54, 1.807) is 0 Å². The van der Waals surface area contributed by atoms with Crippen molar-refractivity contribution in [2.24, 2.45) is 0 Å². The number of urea groups is 1. The number of amides is 3. The van der Waals surface area contributed by atoms with Gasteiger partial charge in [-0.1, -0.05) is 12.1 Å². The number of rotatable bonds is 7. The second-order valence-electron chi connectivity index (χ2n) is 7.09.